The minimum atomic E-state index is -0.108. The second-order valence-corrected chi connectivity index (χ2v) is 6.22. The maximum absolute atomic E-state index is 12.4. The summed E-state index contributed by atoms with van der Waals surface area (Å²) in [6.07, 6.45) is 5.57. The molecule has 0 aliphatic heterocycles. The van der Waals surface area contributed by atoms with Crippen molar-refractivity contribution in [3.05, 3.63) is 35.9 Å². The lowest BCUT2D eigenvalue weighted by Gasteiger charge is -2.21. The van der Waals surface area contributed by atoms with E-state index in [4.69, 9.17) is 0 Å². The van der Waals surface area contributed by atoms with Gasteiger partial charge >= 0.3 is 0 Å². The summed E-state index contributed by atoms with van der Waals surface area (Å²) < 4.78 is 0. The summed E-state index contributed by atoms with van der Waals surface area (Å²) in [5.41, 5.74) is 1.14. The molecule has 1 rings (SSSR count). The van der Waals surface area contributed by atoms with Crippen molar-refractivity contribution in [2.75, 3.05) is 18.6 Å². The van der Waals surface area contributed by atoms with Crippen LogP contribution in [-0.2, 0) is 4.79 Å². The predicted molar refractivity (Wildman–Crippen MR) is 92.7 cm³/mol. The summed E-state index contributed by atoms with van der Waals surface area (Å²) in [7, 11) is 0. The molecule has 0 unspecified atom stereocenters. The molecule has 0 aromatic heterocycles. The number of thioether (sulfide) groups is 1. The quantitative estimate of drug-likeness (QED) is 0.651. The molecular formula is C17H28N2OS. The van der Waals surface area contributed by atoms with Crippen molar-refractivity contribution in [3.8, 4) is 0 Å². The van der Waals surface area contributed by atoms with E-state index in [2.05, 4.69) is 17.6 Å². The van der Waals surface area contributed by atoms with E-state index in [1.165, 1.54) is 12.8 Å². The highest BCUT2D eigenvalue weighted by molar-refractivity contribution is 7.98. The highest BCUT2D eigenvalue weighted by Crippen LogP contribution is 2.11. The van der Waals surface area contributed by atoms with Gasteiger partial charge in [-0.3, -0.25) is 4.79 Å². The van der Waals surface area contributed by atoms with Crippen LogP contribution in [0.25, 0.3) is 0 Å². The number of hydrogen-bond acceptors (Lipinski definition) is 3. The number of nitrogens with one attached hydrogen (secondary N) is 2. The van der Waals surface area contributed by atoms with Crippen molar-refractivity contribution in [1.82, 2.24) is 10.6 Å². The van der Waals surface area contributed by atoms with Crippen LogP contribution >= 0.6 is 11.8 Å². The molecule has 0 saturated heterocycles. The average molecular weight is 308 g/mol. The fraction of sp³-hybridized carbons (Fsp3) is 0.588. The molecule has 3 nitrogen and oxygen atoms in total. The zero-order valence-electron chi connectivity index (χ0n) is 13.4. The number of carbonyl (C=O) groups excluding carboxylic acids is 1. The molecule has 0 aliphatic carbocycles. The summed E-state index contributed by atoms with van der Waals surface area (Å²) in [6.45, 7) is 5.13. The van der Waals surface area contributed by atoms with Gasteiger partial charge in [-0.05, 0) is 31.7 Å². The molecule has 0 radical (unpaired) electrons. The van der Waals surface area contributed by atoms with Crippen molar-refractivity contribution in [3.63, 3.8) is 0 Å². The van der Waals surface area contributed by atoms with Gasteiger partial charge in [-0.1, -0.05) is 50.1 Å². The Bertz CT molecular complexity index is 397. The number of carbonyl (C=O) groups is 1. The van der Waals surface area contributed by atoms with Gasteiger partial charge < -0.3 is 10.6 Å². The molecule has 0 heterocycles. The van der Waals surface area contributed by atoms with E-state index in [1.807, 2.05) is 43.5 Å². The Morgan fingerprint density at radius 3 is 2.57 bits per heavy atom. The van der Waals surface area contributed by atoms with Crippen LogP contribution in [0, 0.1) is 0 Å². The molecular weight excluding hydrogens is 280 g/mol. The fourth-order valence-electron chi connectivity index (χ4n) is 2.18. The Morgan fingerprint density at radius 1 is 1.24 bits per heavy atom. The molecule has 0 spiro atoms. The first-order valence-corrected chi connectivity index (χ1v) is 9.16. The molecule has 0 aliphatic rings. The standard InChI is InChI=1S/C17H28N2OS/c1-4-5-9-12-18-16(13-21-3)17(20)19-14(2)15-10-7-6-8-11-15/h6-8,10-11,14,16,18H,4-5,9,12-13H2,1-3H3,(H,19,20)/t14-,16-/m1/s1. The van der Waals surface area contributed by atoms with E-state index in [-0.39, 0.29) is 18.0 Å². The summed E-state index contributed by atoms with van der Waals surface area (Å²) in [5.74, 6) is 0.900. The van der Waals surface area contributed by atoms with E-state index in [0.29, 0.717) is 0 Å². The van der Waals surface area contributed by atoms with Crippen LogP contribution in [0.15, 0.2) is 30.3 Å². The number of benzene rings is 1. The minimum absolute atomic E-state index is 0.0421. The number of hydrogen-bond donors (Lipinski definition) is 2. The largest absolute Gasteiger partial charge is 0.348 e. The van der Waals surface area contributed by atoms with Crippen molar-refractivity contribution in [2.24, 2.45) is 0 Å². The molecule has 4 heteroatoms. The van der Waals surface area contributed by atoms with Crippen molar-refractivity contribution < 1.29 is 4.79 Å². The van der Waals surface area contributed by atoms with E-state index in [0.717, 1.165) is 24.3 Å². The van der Waals surface area contributed by atoms with Gasteiger partial charge in [-0.25, -0.2) is 0 Å². The van der Waals surface area contributed by atoms with Crippen LogP contribution in [-0.4, -0.2) is 30.5 Å². The third kappa shape index (κ3) is 7.00. The Kier molecular flexibility index (Phi) is 9.19. The first-order valence-electron chi connectivity index (χ1n) is 7.76. The third-order valence-electron chi connectivity index (χ3n) is 3.48. The molecule has 0 saturated carbocycles. The second-order valence-electron chi connectivity index (χ2n) is 5.31. The van der Waals surface area contributed by atoms with Gasteiger partial charge in [0.15, 0.2) is 0 Å². The fourth-order valence-corrected chi connectivity index (χ4v) is 2.79. The molecule has 1 aromatic rings. The van der Waals surface area contributed by atoms with Crippen LogP contribution in [0.4, 0.5) is 0 Å². The van der Waals surface area contributed by atoms with Gasteiger partial charge in [0.1, 0.15) is 0 Å². The van der Waals surface area contributed by atoms with Crippen LogP contribution in [0.5, 0.6) is 0 Å². The molecule has 0 bridgehead atoms. The minimum Gasteiger partial charge on any atom is -0.348 e. The van der Waals surface area contributed by atoms with Crippen LogP contribution in [0.3, 0.4) is 0 Å². The Morgan fingerprint density at radius 2 is 1.95 bits per heavy atom. The normalized spacial score (nSPS) is 13.7. The van der Waals surface area contributed by atoms with Crippen molar-refractivity contribution in [2.45, 2.75) is 45.2 Å². The molecule has 2 N–H and O–H groups in total. The summed E-state index contributed by atoms with van der Waals surface area (Å²) in [5, 5.41) is 6.49. The maximum Gasteiger partial charge on any atom is 0.238 e. The van der Waals surface area contributed by atoms with Crippen LogP contribution in [0.1, 0.15) is 44.7 Å². The lowest BCUT2D eigenvalue weighted by atomic mass is 10.1. The number of rotatable bonds is 10. The summed E-state index contributed by atoms with van der Waals surface area (Å²) in [4.78, 5) is 12.4. The molecule has 0 fully saturated rings. The predicted octanol–water partition coefficient (Wildman–Crippen LogP) is 3.38. The highest BCUT2D eigenvalue weighted by atomic mass is 32.2. The first-order chi connectivity index (χ1) is 10.2. The molecule has 1 amide bonds. The molecule has 118 valence electrons. The molecule has 1 aromatic carbocycles. The van der Waals surface area contributed by atoms with Gasteiger partial charge in [0.25, 0.3) is 0 Å². The van der Waals surface area contributed by atoms with Gasteiger partial charge in [-0.2, -0.15) is 11.8 Å². The monoisotopic (exact) mass is 308 g/mol. The van der Waals surface area contributed by atoms with Crippen LogP contribution in [0.2, 0.25) is 0 Å². The Hall–Kier alpha value is -1.00. The number of unbranched alkanes of at least 4 members (excludes halogenated alkanes) is 2. The zero-order chi connectivity index (χ0) is 15.5. The summed E-state index contributed by atoms with van der Waals surface area (Å²) >= 11 is 1.70. The van der Waals surface area contributed by atoms with E-state index < -0.39 is 0 Å². The maximum atomic E-state index is 12.4. The van der Waals surface area contributed by atoms with Gasteiger partial charge in [0.05, 0.1) is 12.1 Å². The van der Waals surface area contributed by atoms with Crippen LogP contribution < -0.4 is 10.6 Å². The third-order valence-corrected chi connectivity index (χ3v) is 4.15. The molecule has 2 atom stereocenters. The highest BCUT2D eigenvalue weighted by Gasteiger charge is 2.19. The smallest absolute Gasteiger partial charge is 0.238 e. The lowest BCUT2D eigenvalue weighted by Crippen LogP contribution is -2.46. The van der Waals surface area contributed by atoms with E-state index in [9.17, 15) is 4.79 Å². The van der Waals surface area contributed by atoms with Crippen molar-refractivity contribution in [1.29, 1.82) is 0 Å². The van der Waals surface area contributed by atoms with Gasteiger partial charge in [0, 0.05) is 5.75 Å². The van der Waals surface area contributed by atoms with Crippen molar-refractivity contribution >= 4 is 17.7 Å². The molecule has 21 heavy (non-hydrogen) atoms. The topological polar surface area (TPSA) is 41.1 Å². The van der Waals surface area contributed by atoms with Gasteiger partial charge in [-0.15, -0.1) is 0 Å². The Labute approximate surface area is 133 Å². The lowest BCUT2D eigenvalue weighted by molar-refractivity contribution is -0.123. The number of amides is 1. The Balaban J connectivity index is 2.48. The summed E-state index contributed by atoms with van der Waals surface area (Å²) in [6, 6.07) is 10.0. The van der Waals surface area contributed by atoms with E-state index in [1.54, 1.807) is 11.8 Å². The average Bonchev–Trinajstić information content (AvgIpc) is 2.51. The zero-order valence-corrected chi connectivity index (χ0v) is 14.2. The van der Waals surface area contributed by atoms with E-state index >= 15 is 0 Å². The SMILES string of the molecule is CCCCCN[C@H](CSC)C(=O)N[C@H](C)c1ccccc1. The first kappa shape index (κ1) is 18.1. The van der Waals surface area contributed by atoms with Gasteiger partial charge in [0.2, 0.25) is 5.91 Å². The second kappa shape index (κ2) is 10.7.